The highest BCUT2D eigenvalue weighted by molar-refractivity contribution is 5.04. The Hall–Kier alpha value is -0.480. The summed E-state index contributed by atoms with van der Waals surface area (Å²) in [6.45, 7) is 4.17. The van der Waals surface area contributed by atoms with Gasteiger partial charge in [0.15, 0.2) is 0 Å². The van der Waals surface area contributed by atoms with Crippen molar-refractivity contribution in [2.24, 2.45) is 5.73 Å². The van der Waals surface area contributed by atoms with Crippen LogP contribution in [-0.4, -0.2) is 6.04 Å². The molecule has 0 aliphatic rings. The van der Waals surface area contributed by atoms with Gasteiger partial charge in [-0.05, 0) is 13.3 Å². The lowest BCUT2D eigenvalue weighted by Gasteiger charge is -1.96. The van der Waals surface area contributed by atoms with Gasteiger partial charge in [-0.15, -0.1) is 5.92 Å². The van der Waals surface area contributed by atoms with Crippen LogP contribution in [0.25, 0.3) is 0 Å². The van der Waals surface area contributed by atoms with E-state index < -0.39 is 0 Å². The van der Waals surface area contributed by atoms with Crippen LogP contribution in [0.1, 0.15) is 58.8 Å². The van der Waals surface area contributed by atoms with Crippen molar-refractivity contribution in [3.8, 4) is 11.8 Å². The SMILES string of the molecule is CCCCCCCCC#CC(C)N. The first-order valence-electron chi connectivity index (χ1n) is 5.51. The number of hydrogen-bond acceptors (Lipinski definition) is 1. The van der Waals surface area contributed by atoms with E-state index in [0.717, 1.165) is 6.42 Å². The summed E-state index contributed by atoms with van der Waals surface area (Å²) in [5.74, 6) is 6.08. The van der Waals surface area contributed by atoms with Crippen molar-refractivity contribution in [1.29, 1.82) is 0 Å². The molecule has 1 heteroatoms. The number of rotatable bonds is 6. The van der Waals surface area contributed by atoms with E-state index in [-0.39, 0.29) is 6.04 Å². The summed E-state index contributed by atoms with van der Waals surface area (Å²) in [6.07, 6.45) is 9.05. The Kier molecular flexibility index (Phi) is 9.25. The first kappa shape index (κ1) is 12.5. The van der Waals surface area contributed by atoms with Gasteiger partial charge in [-0.2, -0.15) is 0 Å². The molecular weight excluding hydrogens is 158 g/mol. The molecule has 0 rings (SSSR count). The van der Waals surface area contributed by atoms with Crippen LogP contribution in [0.4, 0.5) is 0 Å². The van der Waals surface area contributed by atoms with E-state index in [9.17, 15) is 0 Å². The van der Waals surface area contributed by atoms with Crippen LogP contribution in [0, 0.1) is 11.8 Å². The number of hydrogen-bond donors (Lipinski definition) is 1. The molecule has 0 amide bonds. The van der Waals surface area contributed by atoms with Crippen molar-refractivity contribution in [2.75, 3.05) is 0 Å². The van der Waals surface area contributed by atoms with Gasteiger partial charge >= 0.3 is 0 Å². The van der Waals surface area contributed by atoms with Gasteiger partial charge in [0.1, 0.15) is 0 Å². The third-order valence-electron chi connectivity index (χ3n) is 1.99. The summed E-state index contributed by atoms with van der Waals surface area (Å²) >= 11 is 0. The van der Waals surface area contributed by atoms with Crippen LogP contribution in [0.15, 0.2) is 0 Å². The minimum atomic E-state index is 0.0418. The Morgan fingerprint density at radius 2 is 1.69 bits per heavy atom. The zero-order chi connectivity index (χ0) is 9.94. The van der Waals surface area contributed by atoms with Crippen LogP contribution in [0.5, 0.6) is 0 Å². The van der Waals surface area contributed by atoms with E-state index in [1.807, 2.05) is 6.92 Å². The normalized spacial score (nSPS) is 11.9. The molecule has 1 unspecified atom stereocenters. The van der Waals surface area contributed by atoms with E-state index in [0.29, 0.717) is 0 Å². The zero-order valence-corrected chi connectivity index (χ0v) is 9.10. The molecule has 1 nitrogen and oxygen atoms in total. The van der Waals surface area contributed by atoms with E-state index >= 15 is 0 Å². The molecule has 2 N–H and O–H groups in total. The fourth-order valence-corrected chi connectivity index (χ4v) is 1.23. The lowest BCUT2D eigenvalue weighted by atomic mass is 10.1. The van der Waals surface area contributed by atoms with Crippen molar-refractivity contribution < 1.29 is 0 Å². The fraction of sp³-hybridized carbons (Fsp3) is 0.833. The monoisotopic (exact) mass is 181 g/mol. The van der Waals surface area contributed by atoms with E-state index in [2.05, 4.69) is 18.8 Å². The van der Waals surface area contributed by atoms with Crippen LogP contribution in [0.3, 0.4) is 0 Å². The van der Waals surface area contributed by atoms with Gasteiger partial charge in [0.2, 0.25) is 0 Å². The van der Waals surface area contributed by atoms with Gasteiger partial charge in [-0.1, -0.05) is 44.9 Å². The van der Waals surface area contributed by atoms with E-state index in [1.54, 1.807) is 0 Å². The highest BCUT2D eigenvalue weighted by Crippen LogP contribution is 2.05. The third-order valence-corrected chi connectivity index (χ3v) is 1.99. The van der Waals surface area contributed by atoms with Gasteiger partial charge in [0, 0.05) is 6.42 Å². The van der Waals surface area contributed by atoms with Crippen molar-refractivity contribution in [3.63, 3.8) is 0 Å². The summed E-state index contributed by atoms with van der Waals surface area (Å²) in [7, 11) is 0. The summed E-state index contributed by atoms with van der Waals surface area (Å²) in [5, 5.41) is 0. The summed E-state index contributed by atoms with van der Waals surface area (Å²) in [6, 6.07) is 0.0418. The lowest BCUT2D eigenvalue weighted by Crippen LogP contribution is -2.10. The molecule has 0 aromatic rings. The molecule has 76 valence electrons. The summed E-state index contributed by atoms with van der Waals surface area (Å²) in [5.41, 5.74) is 5.50. The van der Waals surface area contributed by atoms with E-state index in [1.165, 1.54) is 38.5 Å². The quantitative estimate of drug-likeness (QED) is 0.494. The summed E-state index contributed by atoms with van der Waals surface area (Å²) < 4.78 is 0. The van der Waals surface area contributed by atoms with Crippen LogP contribution < -0.4 is 5.73 Å². The second-order valence-electron chi connectivity index (χ2n) is 3.63. The lowest BCUT2D eigenvalue weighted by molar-refractivity contribution is 0.613. The molecule has 0 spiro atoms. The standard InChI is InChI=1S/C12H23N/c1-3-4-5-6-7-8-9-10-11-12(2)13/h12H,3-9,13H2,1-2H3. The Morgan fingerprint density at radius 3 is 2.31 bits per heavy atom. The average molecular weight is 181 g/mol. The first-order valence-corrected chi connectivity index (χ1v) is 5.51. The minimum Gasteiger partial charge on any atom is -0.318 e. The van der Waals surface area contributed by atoms with Crippen LogP contribution in [-0.2, 0) is 0 Å². The second kappa shape index (κ2) is 9.61. The Morgan fingerprint density at radius 1 is 1.08 bits per heavy atom. The maximum atomic E-state index is 5.50. The Labute approximate surface area is 83.1 Å². The first-order chi connectivity index (χ1) is 6.27. The molecule has 0 aromatic heterocycles. The predicted molar refractivity (Wildman–Crippen MR) is 59.4 cm³/mol. The molecule has 0 aromatic carbocycles. The largest absolute Gasteiger partial charge is 0.318 e. The smallest absolute Gasteiger partial charge is 0.0635 e. The minimum absolute atomic E-state index is 0.0418. The topological polar surface area (TPSA) is 26.0 Å². The van der Waals surface area contributed by atoms with Crippen molar-refractivity contribution in [3.05, 3.63) is 0 Å². The number of unbranched alkanes of at least 4 members (excludes halogenated alkanes) is 6. The van der Waals surface area contributed by atoms with Crippen LogP contribution in [0.2, 0.25) is 0 Å². The molecule has 1 atom stereocenters. The molecule has 0 bridgehead atoms. The van der Waals surface area contributed by atoms with Crippen molar-refractivity contribution in [2.45, 2.75) is 64.8 Å². The van der Waals surface area contributed by atoms with Crippen molar-refractivity contribution in [1.82, 2.24) is 0 Å². The predicted octanol–water partition coefficient (Wildman–Crippen LogP) is 3.09. The Bertz CT molecular complexity index is 150. The molecule has 0 heterocycles. The average Bonchev–Trinajstić information content (AvgIpc) is 2.09. The number of nitrogens with two attached hydrogens (primary N) is 1. The Balaban J connectivity index is 3.05. The van der Waals surface area contributed by atoms with Gasteiger partial charge in [-0.25, -0.2) is 0 Å². The maximum Gasteiger partial charge on any atom is 0.0635 e. The van der Waals surface area contributed by atoms with Crippen molar-refractivity contribution >= 4 is 0 Å². The molecular formula is C12H23N. The molecule has 0 saturated heterocycles. The van der Waals surface area contributed by atoms with Gasteiger partial charge in [0.25, 0.3) is 0 Å². The fourth-order valence-electron chi connectivity index (χ4n) is 1.23. The zero-order valence-electron chi connectivity index (χ0n) is 9.10. The molecule has 0 saturated carbocycles. The highest BCUT2D eigenvalue weighted by atomic mass is 14.6. The van der Waals surface area contributed by atoms with Crippen LogP contribution >= 0.6 is 0 Å². The maximum absolute atomic E-state index is 5.50. The highest BCUT2D eigenvalue weighted by Gasteiger charge is 1.88. The molecule has 0 radical (unpaired) electrons. The third kappa shape index (κ3) is 11.5. The molecule has 0 fully saturated rings. The molecule has 0 aliphatic carbocycles. The van der Waals surface area contributed by atoms with E-state index in [4.69, 9.17) is 5.73 Å². The molecule has 13 heavy (non-hydrogen) atoms. The second-order valence-corrected chi connectivity index (χ2v) is 3.63. The van der Waals surface area contributed by atoms with Gasteiger partial charge in [0.05, 0.1) is 6.04 Å². The molecule has 0 aliphatic heterocycles. The summed E-state index contributed by atoms with van der Waals surface area (Å²) in [4.78, 5) is 0. The van der Waals surface area contributed by atoms with Gasteiger partial charge in [-0.3, -0.25) is 0 Å². The van der Waals surface area contributed by atoms with Gasteiger partial charge < -0.3 is 5.73 Å².